The van der Waals surface area contributed by atoms with Gasteiger partial charge in [0.25, 0.3) is 10.0 Å². The van der Waals surface area contributed by atoms with Crippen molar-refractivity contribution in [3.05, 3.63) is 24.2 Å². The van der Waals surface area contributed by atoms with Crippen LogP contribution in [0.3, 0.4) is 0 Å². The van der Waals surface area contributed by atoms with Crippen molar-refractivity contribution < 1.29 is 18.3 Å². The van der Waals surface area contributed by atoms with E-state index >= 15 is 0 Å². The fourth-order valence-corrected chi connectivity index (χ4v) is 2.43. The van der Waals surface area contributed by atoms with Gasteiger partial charge in [0.2, 0.25) is 0 Å². The second-order valence-corrected chi connectivity index (χ2v) is 5.81. The third-order valence-corrected chi connectivity index (χ3v) is 3.73. The summed E-state index contributed by atoms with van der Waals surface area (Å²) in [5.74, 6) is -0.796. The van der Waals surface area contributed by atoms with Gasteiger partial charge in [-0.05, 0) is 6.92 Å². The van der Waals surface area contributed by atoms with Gasteiger partial charge < -0.3 is 5.11 Å². The molecule has 3 N–H and O–H groups in total. The lowest BCUT2D eigenvalue weighted by Gasteiger charge is -2.01. The topological polar surface area (TPSA) is 130 Å². The third-order valence-electron chi connectivity index (χ3n) is 2.42. The SMILES string of the molecule is Cc1cc(NS(=O)(=O)c2cnn(CCC(=O)O)c2)n[nH]1. The van der Waals surface area contributed by atoms with Crippen molar-refractivity contribution in [3.63, 3.8) is 0 Å². The maximum Gasteiger partial charge on any atom is 0.305 e. The van der Waals surface area contributed by atoms with E-state index in [1.165, 1.54) is 10.9 Å². The lowest BCUT2D eigenvalue weighted by molar-refractivity contribution is -0.137. The Bertz CT molecular complexity index is 718. The fourth-order valence-electron chi connectivity index (χ4n) is 1.48. The van der Waals surface area contributed by atoms with Gasteiger partial charge in [-0.1, -0.05) is 0 Å². The fraction of sp³-hybridized carbons (Fsp3) is 0.300. The minimum atomic E-state index is -3.78. The number of sulfonamides is 1. The molecule has 0 spiro atoms. The van der Waals surface area contributed by atoms with Crippen LogP contribution in [-0.2, 0) is 21.4 Å². The summed E-state index contributed by atoms with van der Waals surface area (Å²) in [5.41, 5.74) is 0.722. The molecular weight excluding hydrogens is 286 g/mol. The van der Waals surface area contributed by atoms with E-state index in [0.717, 1.165) is 11.9 Å². The molecule has 0 amide bonds. The molecule has 2 aromatic rings. The number of carbonyl (C=O) groups is 1. The van der Waals surface area contributed by atoms with Crippen molar-refractivity contribution in [1.29, 1.82) is 0 Å². The maximum absolute atomic E-state index is 12.0. The molecule has 0 atom stereocenters. The van der Waals surface area contributed by atoms with Crippen LogP contribution in [0.4, 0.5) is 5.82 Å². The van der Waals surface area contributed by atoms with Crippen molar-refractivity contribution in [3.8, 4) is 0 Å². The summed E-state index contributed by atoms with van der Waals surface area (Å²) < 4.78 is 27.6. The molecule has 0 aliphatic carbocycles. The molecule has 9 nitrogen and oxygen atoms in total. The van der Waals surface area contributed by atoms with E-state index in [4.69, 9.17) is 5.11 Å². The molecule has 0 aliphatic heterocycles. The highest BCUT2D eigenvalue weighted by Crippen LogP contribution is 2.14. The van der Waals surface area contributed by atoms with Crippen molar-refractivity contribution in [2.24, 2.45) is 0 Å². The van der Waals surface area contributed by atoms with Crippen LogP contribution in [0.5, 0.6) is 0 Å². The van der Waals surface area contributed by atoms with Crippen molar-refractivity contribution >= 4 is 21.8 Å². The standard InChI is InChI=1S/C10H13N5O4S/c1-7-4-9(13-12-7)14-20(18,19)8-5-11-15(6-8)3-2-10(16)17/h4-6H,2-3H2,1H3,(H,16,17)(H2,12,13,14). The third kappa shape index (κ3) is 3.35. The van der Waals surface area contributed by atoms with Gasteiger partial charge >= 0.3 is 5.97 Å². The van der Waals surface area contributed by atoms with E-state index in [0.29, 0.717) is 0 Å². The molecule has 2 heterocycles. The van der Waals surface area contributed by atoms with E-state index < -0.39 is 16.0 Å². The second kappa shape index (κ2) is 5.33. The molecule has 2 rings (SSSR count). The number of aromatic amines is 1. The molecule has 0 unspecified atom stereocenters. The number of aryl methyl sites for hydroxylation is 2. The largest absolute Gasteiger partial charge is 0.481 e. The monoisotopic (exact) mass is 299 g/mol. The molecule has 10 heteroatoms. The summed E-state index contributed by atoms with van der Waals surface area (Å²) in [6, 6.07) is 1.55. The molecule has 0 aromatic carbocycles. The first-order chi connectivity index (χ1) is 9.37. The first kappa shape index (κ1) is 14.1. The van der Waals surface area contributed by atoms with Crippen LogP contribution >= 0.6 is 0 Å². The molecule has 108 valence electrons. The lowest BCUT2D eigenvalue weighted by atomic mass is 10.4. The highest BCUT2D eigenvalue weighted by molar-refractivity contribution is 7.92. The number of carboxylic acids is 1. The summed E-state index contributed by atoms with van der Waals surface area (Å²) in [6.45, 7) is 1.85. The highest BCUT2D eigenvalue weighted by atomic mass is 32.2. The molecule has 0 bridgehead atoms. The van der Waals surface area contributed by atoms with Crippen LogP contribution < -0.4 is 4.72 Å². The van der Waals surface area contributed by atoms with Crippen LogP contribution in [0.15, 0.2) is 23.4 Å². The van der Waals surface area contributed by atoms with Crippen LogP contribution in [0.25, 0.3) is 0 Å². The van der Waals surface area contributed by atoms with Gasteiger partial charge in [0.05, 0.1) is 19.2 Å². The first-order valence-corrected chi connectivity index (χ1v) is 7.14. The number of aromatic nitrogens is 4. The Kier molecular flexibility index (Phi) is 3.74. The average molecular weight is 299 g/mol. The first-order valence-electron chi connectivity index (χ1n) is 5.66. The quantitative estimate of drug-likeness (QED) is 0.698. The summed E-state index contributed by atoms with van der Waals surface area (Å²) in [6.07, 6.45) is 2.29. The highest BCUT2D eigenvalue weighted by Gasteiger charge is 2.18. The zero-order valence-corrected chi connectivity index (χ0v) is 11.4. The predicted molar refractivity (Wildman–Crippen MR) is 68.6 cm³/mol. The van der Waals surface area contributed by atoms with Gasteiger partial charge in [-0.3, -0.25) is 19.3 Å². The zero-order valence-electron chi connectivity index (χ0n) is 10.6. The van der Waals surface area contributed by atoms with Gasteiger partial charge in [0, 0.05) is 18.0 Å². The summed E-state index contributed by atoms with van der Waals surface area (Å²) >= 11 is 0. The Labute approximate surface area is 114 Å². The minimum absolute atomic E-state index is 0.0523. The summed E-state index contributed by atoms with van der Waals surface area (Å²) in [4.78, 5) is 10.4. The minimum Gasteiger partial charge on any atom is -0.481 e. The van der Waals surface area contributed by atoms with E-state index in [1.54, 1.807) is 13.0 Å². The number of nitrogens with one attached hydrogen (secondary N) is 2. The Morgan fingerprint density at radius 1 is 1.55 bits per heavy atom. The Morgan fingerprint density at radius 2 is 2.30 bits per heavy atom. The van der Waals surface area contributed by atoms with E-state index in [1.807, 2.05) is 0 Å². The number of nitrogens with zero attached hydrogens (tertiary/aromatic N) is 3. The van der Waals surface area contributed by atoms with Crippen LogP contribution in [-0.4, -0.2) is 39.5 Å². The molecule has 0 saturated carbocycles. The molecule has 20 heavy (non-hydrogen) atoms. The number of hydrogen-bond donors (Lipinski definition) is 3. The van der Waals surface area contributed by atoms with Crippen molar-refractivity contribution in [1.82, 2.24) is 20.0 Å². The smallest absolute Gasteiger partial charge is 0.305 e. The molecule has 0 aliphatic rings. The summed E-state index contributed by atoms with van der Waals surface area (Å²) in [5, 5.41) is 18.8. The number of rotatable bonds is 6. The molecular formula is C10H13N5O4S. The van der Waals surface area contributed by atoms with Crippen LogP contribution in [0, 0.1) is 6.92 Å². The van der Waals surface area contributed by atoms with Gasteiger partial charge in [-0.25, -0.2) is 8.42 Å². The Hall–Kier alpha value is -2.36. The number of aliphatic carboxylic acids is 1. The number of hydrogen-bond acceptors (Lipinski definition) is 5. The van der Waals surface area contributed by atoms with Gasteiger partial charge in [-0.2, -0.15) is 10.2 Å². The number of H-pyrrole nitrogens is 1. The average Bonchev–Trinajstić information content (AvgIpc) is 2.95. The normalized spacial score (nSPS) is 11.4. The summed E-state index contributed by atoms with van der Waals surface area (Å²) in [7, 11) is -3.78. The molecule has 2 aromatic heterocycles. The Balaban J connectivity index is 2.11. The number of anilines is 1. The van der Waals surface area contributed by atoms with E-state index in [9.17, 15) is 13.2 Å². The molecule has 0 saturated heterocycles. The second-order valence-electron chi connectivity index (χ2n) is 4.12. The van der Waals surface area contributed by atoms with Gasteiger partial charge in [0.15, 0.2) is 5.82 Å². The van der Waals surface area contributed by atoms with Crippen LogP contribution in [0.1, 0.15) is 12.1 Å². The van der Waals surface area contributed by atoms with Gasteiger partial charge in [0.1, 0.15) is 4.90 Å². The van der Waals surface area contributed by atoms with Crippen molar-refractivity contribution in [2.45, 2.75) is 24.8 Å². The van der Waals surface area contributed by atoms with Crippen molar-refractivity contribution in [2.75, 3.05) is 4.72 Å². The molecule has 0 fully saturated rings. The number of carboxylic acid groups (broad SMARTS) is 1. The van der Waals surface area contributed by atoms with E-state index in [-0.39, 0.29) is 23.7 Å². The Morgan fingerprint density at radius 3 is 2.90 bits per heavy atom. The predicted octanol–water partition coefficient (Wildman–Crippen LogP) is 0.190. The maximum atomic E-state index is 12.0. The zero-order chi connectivity index (χ0) is 14.8. The van der Waals surface area contributed by atoms with Gasteiger partial charge in [-0.15, -0.1) is 0 Å². The lowest BCUT2D eigenvalue weighted by Crippen LogP contribution is -2.12. The van der Waals surface area contributed by atoms with E-state index in [2.05, 4.69) is 20.0 Å². The molecule has 0 radical (unpaired) electrons. The van der Waals surface area contributed by atoms with Crippen LogP contribution in [0.2, 0.25) is 0 Å².